The molecule has 0 saturated heterocycles. The number of hydrogen-bond donors (Lipinski definition) is 2. The number of carbonyl (C=O) groups is 2. The molecule has 0 aromatic heterocycles. The second kappa shape index (κ2) is 8.11. The SMILES string of the molecule is Cc1cccc(NC(N)=NCCN2C(=O)c3ccccc3C2=O)c1.I. The predicted octanol–water partition coefficient (Wildman–Crippen LogP) is 2.64. The van der Waals surface area contributed by atoms with Gasteiger partial charge < -0.3 is 11.1 Å². The third kappa shape index (κ3) is 4.16. The van der Waals surface area contributed by atoms with Crippen LogP contribution >= 0.6 is 24.0 Å². The summed E-state index contributed by atoms with van der Waals surface area (Å²) >= 11 is 0. The number of nitrogens with two attached hydrogens (primary N) is 1. The van der Waals surface area contributed by atoms with E-state index in [0.717, 1.165) is 11.3 Å². The number of amides is 2. The molecule has 3 rings (SSSR count). The van der Waals surface area contributed by atoms with Gasteiger partial charge in [-0.25, -0.2) is 0 Å². The van der Waals surface area contributed by atoms with Crippen LogP contribution in [0.15, 0.2) is 53.5 Å². The van der Waals surface area contributed by atoms with E-state index in [9.17, 15) is 9.59 Å². The van der Waals surface area contributed by atoms with Gasteiger partial charge in [0.2, 0.25) is 0 Å². The maximum absolute atomic E-state index is 12.2. The van der Waals surface area contributed by atoms with E-state index >= 15 is 0 Å². The third-order valence-electron chi connectivity index (χ3n) is 3.77. The highest BCUT2D eigenvalue weighted by Gasteiger charge is 2.34. The van der Waals surface area contributed by atoms with Crippen molar-refractivity contribution in [2.75, 3.05) is 18.4 Å². The van der Waals surface area contributed by atoms with Gasteiger partial charge in [0.15, 0.2) is 5.96 Å². The monoisotopic (exact) mass is 450 g/mol. The van der Waals surface area contributed by atoms with E-state index in [-0.39, 0.29) is 54.8 Å². The summed E-state index contributed by atoms with van der Waals surface area (Å²) in [6.45, 7) is 2.43. The number of nitrogens with one attached hydrogen (secondary N) is 1. The van der Waals surface area contributed by atoms with Gasteiger partial charge in [-0.3, -0.25) is 19.5 Å². The van der Waals surface area contributed by atoms with E-state index in [1.165, 1.54) is 4.90 Å². The number of anilines is 1. The van der Waals surface area contributed by atoms with Crippen molar-refractivity contribution in [3.63, 3.8) is 0 Å². The first kappa shape index (κ1) is 18.9. The van der Waals surface area contributed by atoms with E-state index in [4.69, 9.17) is 5.73 Å². The molecule has 3 N–H and O–H groups in total. The molecule has 2 aromatic rings. The van der Waals surface area contributed by atoms with Gasteiger partial charge in [-0.05, 0) is 36.8 Å². The number of nitrogens with zero attached hydrogens (tertiary/aromatic N) is 2. The van der Waals surface area contributed by atoms with Gasteiger partial charge in [-0.1, -0.05) is 24.3 Å². The standard InChI is InChI=1S/C18H18N4O2.HI/c1-12-5-4-6-13(11-12)21-18(19)20-9-10-22-16(23)14-7-2-3-8-15(14)17(22)24;/h2-8,11H,9-10H2,1H3,(H3,19,20,21);1H. The van der Waals surface area contributed by atoms with Crippen LogP contribution in [0.25, 0.3) is 0 Å². The van der Waals surface area contributed by atoms with Crippen LogP contribution in [0.1, 0.15) is 26.3 Å². The van der Waals surface area contributed by atoms with Crippen LogP contribution in [0.3, 0.4) is 0 Å². The molecule has 2 aromatic carbocycles. The average Bonchev–Trinajstić information content (AvgIpc) is 2.80. The largest absolute Gasteiger partial charge is 0.370 e. The molecule has 0 fully saturated rings. The minimum atomic E-state index is -0.281. The van der Waals surface area contributed by atoms with Crippen LogP contribution in [-0.4, -0.2) is 35.8 Å². The van der Waals surface area contributed by atoms with Crippen molar-refractivity contribution in [3.05, 3.63) is 65.2 Å². The third-order valence-corrected chi connectivity index (χ3v) is 3.77. The molecule has 130 valence electrons. The Labute approximate surface area is 163 Å². The van der Waals surface area contributed by atoms with E-state index in [1.807, 2.05) is 31.2 Å². The number of benzene rings is 2. The number of hydrogen-bond acceptors (Lipinski definition) is 3. The Kier molecular flexibility index (Phi) is 6.13. The van der Waals surface area contributed by atoms with Crippen molar-refractivity contribution in [2.45, 2.75) is 6.92 Å². The average molecular weight is 450 g/mol. The van der Waals surface area contributed by atoms with Crippen LogP contribution < -0.4 is 11.1 Å². The Balaban J connectivity index is 0.00000225. The Morgan fingerprint density at radius 1 is 1.08 bits per heavy atom. The summed E-state index contributed by atoms with van der Waals surface area (Å²) in [5.74, 6) is -0.316. The number of fused-ring (bicyclic) bond motifs is 1. The molecule has 2 amide bonds. The van der Waals surface area contributed by atoms with Gasteiger partial charge in [0, 0.05) is 12.2 Å². The number of rotatable bonds is 4. The zero-order valence-electron chi connectivity index (χ0n) is 13.7. The normalized spacial score (nSPS) is 13.5. The lowest BCUT2D eigenvalue weighted by Gasteiger charge is -2.12. The summed E-state index contributed by atoms with van der Waals surface area (Å²) in [7, 11) is 0. The molecule has 0 aliphatic carbocycles. The number of guanidine groups is 1. The number of halogens is 1. The highest BCUT2D eigenvalue weighted by Crippen LogP contribution is 2.21. The summed E-state index contributed by atoms with van der Waals surface area (Å²) in [5.41, 5.74) is 8.68. The fourth-order valence-electron chi connectivity index (χ4n) is 2.62. The van der Waals surface area contributed by atoms with Crippen molar-refractivity contribution >= 4 is 47.4 Å². The lowest BCUT2D eigenvalue weighted by atomic mass is 10.1. The fraction of sp³-hybridized carbons (Fsp3) is 0.167. The molecule has 0 spiro atoms. The Morgan fingerprint density at radius 2 is 1.72 bits per heavy atom. The summed E-state index contributed by atoms with van der Waals surface area (Å²) in [6.07, 6.45) is 0. The van der Waals surface area contributed by atoms with Crippen LogP contribution in [0.5, 0.6) is 0 Å². The summed E-state index contributed by atoms with van der Waals surface area (Å²) in [4.78, 5) is 29.8. The second-order valence-electron chi connectivity index (χ2n) is 5.57. The van der Waals surface area contributed by atoms with Gasteiger partial charge in [0.05, 0.1) is 17.7 Å². The molecule has 0 unspecified atom stereocenters. The van der Waals surface area contributed by atoms with E-state index in [0.29, 0.717) is 11.1 Å². The number of imide groups is 1. The maximum atomic E-state index is 12.2. The summed E-state index contributed by atoms with van der Waals surface area (Å²) in [5, 5.41) is 2.99. The molecular formula is C18H19IN4O2. The maximum Gasteiger partial charge on any atom is 0.261 e. The number of aliphatic imine (C=N–C) groups is 1. The summed E-state index contributed by atoms with van der Waals surface area (Å²) < 4.78 is 0. The van der Waals surface area contributed by atoms with Gasteiger partial charge >= 0.3 is 0 Å². The highest BCUT2D eigenvalue weighted by molar-refractivity contribution is 14.0. The van der Waals surface area contributed by atoms with Gasteiger partial charge in [0.1, 0.15) is 0 Å². The van der Waals surface area contributed by atoms with Crippen molar-refractivity contribution in [1.29, 1.82) is 0 Å². The highest BCUT2D eigenvalue weighted by atomic mass is 127. The predicted molar refractivity (Wildman–Crippen MR) is 109 cm³/mol. The van der Waals surface area contributed by atoms with E-state index < -0.39 is 0 Å². The van der Waals surface area contributed by atoms with Crippen LogP contribution in [0, 0.1) is 6.92 Å². The molecule has 0 bridgehead atoms. The first-order valence-electron chi connectivity index (χ1n) is 7.65. The van der Waals surface area contributed by atoms with Gasteiger partial charge in [-0.2, -0.15) is 0 Å². The number of carbonyl (C=O) groups excluding carboxylic acids is 2. The van der Waals surface area contributed by atoms with Crippen LogP contribution in [0.4, 0.5) is 5.69 Å². The fourth-order valence-corrected chi connectivity index (χ4v) is 2.62. The molecule has 0 atom stereocenters. The smallest absolute Gasteiger partial charge is 0.261 e. The Morgan fingerprint density at radius 3 is 2.32 bits per heavy atom. The second-order valence-corrected chi connectivity index (χ2v) is 5.57. The Hall–Kier alpha value is -2.42. The molecule has 1 heterocycles. The minimum absolute atomic E-state index is 0. The lowest BCUT2D eigenvalue weighted by molar-refractivity contribution is 0.0659. The lowest BCUT2D eigenvalue weighted by Crippen LogP contribution is -2.33. The molecule has 0 saturated carbocycles. The topological polar surface area (TPSA) is 87.8 Å². The Bertz CT molecular complexity index is 800. The van der Waals surface area contributed by atoms with Crippen molar-refractivity contribution in [3.8, 4) is 0 Å². The molecule has 1 aliphatic rings. The minimum Gasteiger partial charge on any atom is -0.370 e. The van der Waals surface area contributed by atoms with Crippen molar-refractivity contribution < 1.29 is 9.59 Å². The van der Waals surface area contributed by atoms with E-state index in [2.05, 4.69) is 10.3 Å². The van der Waals surface area contributed by atoms with Crippen LogP contribution in [0.2, 0.25) is 0 Å². The zero-order chi connectivity index (χ0) is 17.1. The molecule has 25 heavy (non-hydrogen) atoms. The van der Waals surface area contributed by atoms with Gasteiger partial charge in [-0.15, -0.1) is 24.0 Å². The zero-order valence-corrected chi connectivity index (χ0v) is 16.1. The molecule has 0 radical (unpaired) electrons. The summed E-state index contributed by atoms with van der Waals surface area (Å²) in [6, 6.07) is 14.6. The first-order valence-corrected chi connectivity index (χ1v) is 7.65. The quantitative estimate of drug-likeness (QED) is 0.325. The van der Waals surface area contributed by atoms with Crippen molar-refractivity contribution in [2.24, 2.45) is 10.7 Å². The molecule has 1 aliphatic heterocycles. The number of aryl methyl sites for hydroxylation is 1. The first-order chi connectivity index (χ1) is 11.6. The molecule has 6 nitrogen and oxygen atoms in total. The van der Waals surface area contributed by atoms with E-state index in [1.54, 1.807) is 24.3 Å². The van der Waals surface area contributed by atoms with Crippen LogP contribution in [-0.2, 0) is 0 Å². The van der Waals surface area contributed by atoms with Gasteiger partial charge in [0.25, 0.3) is 11.8 Å². The molecular weight excluding hydrogens is 431 g/mol. The molecule has 7 heteroatoms. The van der Waals surface area contributed by atoms with Crippen molar-refractivity contribution in [1.82, 2.24) is 4.90 Å².